The first-order valence-corrected chi connectivity index (χ1v) is 7.20. The zero-order valence-electron chi connectivity index (χ0n) is 9.76. The first kappa shape index (κ1) is 13.2. The molecule has 16 heavy (non-hydrogen) atoms. The van der Waals surface area contributed by atoms with Gasteiger partial charge in [-0.25, -0.2) is 13.4 Å². The van der Waals surface area contributed by atoms with Gasteiger partial charge in [-0.3, -0.25) is 0 Å². The van der Waals surface area contributed by atoms with Gasteiger partial charge in [-0.15, -0.1) is 0 Å². The number of hydrogen-bond acceptors (Lipinski definition) is 4. The van der Waals surface area contributed by atoms with Crippen LogP contribution < -0.4 is 5.73 Å². The Morgan fingerprint density at radius 3 is 2.75 bits per heavy atom. The molecule has 1 aromatic heterocycles. The van der Waals surface area contributed by atoms with Crippen molar-refractivity contribution in [2.75, 3.05) is 11.5 Å². The van der Waals surface area contributed by atoms with Gasteiger partial charge in [0.25, 0.3) is 0 Å². The molecule has 1 rings (SSSR count). The van der Waals surface area contributed by atoms with Crippen LogP contribution in [0, 0.1) is 0 Å². The second kappa shape index (κ2) is 5.45. The number of sulfone groups is 1. The maximum absolute atomic E-state index is 11.3. The van der Waals surface area contributed by atoms with Crippen molar-refractivity contribution in [1.82, 2.24) is 9.55 Å². The van der Waals surface area contributed by atoms with Crippen LogP contribution in [0.2, 0.25) is 0 Å². The van der Waals surface area contributed by atoms with E-state index in [0.717, 1.165) is 5.69 Å². The van der Waals surface area contributed by atoms with Gasteiger partial charge in [-0.1, -0.05) is 6.92 Å². The van der Waals surface area contributed by atoms with Crippen molar-refractivity contribution in [1.29, 1.82) is 0 Å². The Balaban J connectivity index is 2.39. The van der Waals surface area contributed by atoms with Gasteiger partial charge < -0.3 is 10.3 Å². The van der Waals surface area contributed by atoms with Crippen molar-refractivity contribution in [3.05, 3.63) is 18.2 Å². The van der Waals surface area contributed by atoms with Crippen LogP contribution in [0.4, 0.5) is 0 Å². The van der Waals surface area contributed by atoms with E-state index in [-0.39, 0.29) is 17.5 Å². The molecular formula is C10H19N3O2S. The van der Waals surface area contributed by atoms with E-state index in [1.807, 2.05) is 17.8 Å². The summed E-state index contributed by atoms with van der Waals surface area (Å²) in [5.74, 6) is 0.413. The van der Waals surface area contributed by atoms with Gasteiger partial charge >= 0.3 is 0 Å². The summed E-state index contributed by atoms with van der Waals surface area (Å²) in [6.07, 6.45) is 4.79. The number of rotatable bonds is 6. The molecule has 6 heteroatoms. The fourth-order valence-corrected chi connectivity index (χ4v) is 2.34. The SMILES string of the molecule is CCS(=O)(=O)CCCC(N)c1cn(C)cn1. The molecule has 92 valence electrons. The third-order valence-corrected chi connectivity index (χ3v) is 4.31. The lowest BCUT2D eigenvalue weighted by molar-refractivity contribution is 0.581. The average Bonchev–Trinajstić information content (AvgIpc) is 2.64. The summed E-state index contributed by atoms with van der Waals surface area (Å²) in [6, 6.07) is -0.173. The predicted octanol–water partition coefficient (Wildman–Crippen LogP) is 0.635. The highest BCUT2D eigenvalue weighted by Crippen LogP contribution is 2.13. The molecule has 0 aliphatic heterocycles. The summed E-state index contributed by atoms with van der Waals surface area (Å²) in [4.78, 5) is 4.14. The Labute approximate surface area is 96.6 Å². The average molecular weight is 245 g/mol. The second-order valence-corrected chi connectivity index (χ2v) is 6.42. The minimum absolute atomic E-state index is 0.173. The highest BCUT2D eigenvalue weighted by atomic mass is 32.2. The summed E-state index contributed by atoms with van der Waals surface area (Å²) in [7, 11) is -0.994. The minimum atomic E-state index is -2.87. The zero-order chi connectivity index (χ0) is 12.2. The maximum atomic E-state index is 11.3. The summed E-state index contributed by atoms with van der Waals surface area (Å²) in [6.45, 7) is 1.66. The van der Waals surface area contributed by atoms with Crippen molar-refractivity contribution >= 4 is 9.84 Å². The van der Waals surface area contributed by atoms with Crippen molar-refractivity contribution in [2.24, 2.45) is 12.8 Å². The van der Waals surface area contributed by atoms with Gasteiger partial charge in [0.2, 0.25) is 0 Å². The molecule has 0 aromatic carbocycles. The van der Waals surface area contributed by atoms with Crippen LogP contribution in [0.1, 0.15) is 31.5 Å². The lowest BCUT2D eigenvalue weighted by Gasteiger charge is -2.08. The van der Waals surface area contributed by atoms with Crippen LogP contribution in [0.5, 0.6) is 0 Å². The molecule has 2 N–H and O–H groups in total. The molecule has 5 nitrogen and oxygen atoms in total. The highest BCUT2D eigenvalue weighted by molar-refractivity contribution is 7.91. The second-order valence-electron chi connectivity index (χ2n) is 3.95. The van der Waals surface area contributed by atoms with E-state index in [9.17, 15) is 8.42 Å². The fraction of sp³-hybridized carbons (Fsp3) is 0.700. The van der Waals surface area contributed by atoms with Crippen LogP contribution in [-0.2, 0) is 16.9 Å². The molecule has 1 unspecified atom stereocenters. The number of hydrogen-bond donors (Lipinski definition) is 1. The summed E-state index contributed by atoms with van der Waals surface area (Å²) < 4.78 is 24.4. The molecule has 1 heterocycles. The lowest BCUT2D eigenvalue weighted by atomic mass is 10.1. The Kier molecular flexibility index (Phi) is 4.49. The monoisotopic (exact) mass is 245 g/mol. The van der Waals surface area contributed by atoms with Crippen molar-refractivity contribution < 1.29 is 8.42 Å². The summed E-state index contributed by atoms with van der Waals surface area (Å²) in [5, 5.41) is 0. The van der Waals surface area contributed by atoms with Gasteiger partial charge in [-0.2, -0.15) is 0 Å². The Morgan fingerprint density at radius 2 is 2.25 bits per heavy atom. The molecule has 0 amide bonds. The first-order chi connectivity index (χ1) is 7.44. The van der Waals surface area contributed by atoms with Gasteiger partial charge in [0, 0.05) is 25.0 Å². The first-order valence-electron chi connectivity index (χ1n) is 5.38. The van der Waals surface area contributed by atoms with Crippen molar-refractivity contribution in [3.63, 3.8) is 0 Å². The number of nitrogens with zero attached hydrogens (tertiary/aromatic N) is 2. The van der Waals surface area contributed by atoms with Crippen LogP contribution in [0.15, 0.2) is 12.5 Å². The molecule has 0 spiro atoms. The molecule has 0 aliphatic carbocycles. The normalized spacial score (nSPS) is 13.9. The van der Waals surface area contributed by atoms with E-state index in [1.54, 1.807) is 13.3 Å². The third kappa shape index (κ3) is 3.94. The standard InChI is InChI=1S/C10H19N3O2S/c1-3-16(14,15)6-4-5-9(11)10-7-13(2)8-12-10/h7-9H,3-6,11H2,1-2H3. The van der Waals surface area contributed by atoms with E-state index >= 15 is 0 Å². The van der Waals surface area contributed by atoms with Crippen LogP contribution in [-0.4, -0.2) is 29.5 Å². The van der Waals surface area contributed by atoms with Gasteiger partial charge in [-0.05, 0) is 12.8 Å². The zero-order valence-corrected chi connectivity index (χ0v) is 10.6. The lowest BCUT2D eigenvalue weighted by Crippen LogP contribution is -2.14. The largest absolute Gasteiger partial charge is 0.340 e. The fourth-order valence-electron chi connectivity index (χ4n) is 1.44. The molecule has 0 fully saturated rings. The molecule has 0 aliphatic rings. The van der Waals surface area contributed by atoms with Crippen LogP contribution in [0.25, 0.3) is 0 Å². The molecule has 0 saturated carbocycles. The van der Waals surface area contributed by atoms with E-state index in [2.05, 4.69) is 4.98 Å². The van der Waals surface area contributed by atoms with Crippen molar-refractivity contribution in [2.45, 2.75) is 25.8 Å². The molecule has 0 bridgehead atoms. The molecular weight excluding hydrogens is 226 g/mol. The smallest absolute Gasteiger partial charge is 0.150 e. The van der Waals surface area contributed by atoms with Crippen LogP contribution in [0.3, 0.4) is 0 Å². The number of imidazole rings is 1. The number of aromatic nitrogens is 2. The van der Waals surface area contributed by atoms with Crippen LogP contribution >= 0.6 is 0 Å². The Morgan fingerprint density at radius 1 is 1.56 bits per heavy atom. The number of aryl methyl sites for hydroxylation is 1. The Bertz CT molecular complexity index is 425. The van der Waals surface area contributed by atoms with Gasteiger partial charge in [0.1, 0.15) is 9.84 Å². The maximum Gasteiger partial charge on any atom is 0.150 e. The topological polar surface area (TPSA) is 78.0 Å². The summed E-state index contributed by atoms with van der Waals surface area (Å²) >= 11 is 0. The van der Waals surface area contributed by atoms with E-state index in [1.165, 1.54) is 0 Å². The quantitative estimate of drug-likeness (QED) is 0.797. The molecule has 0 saturated heterocycles. The highest BCUT2D eigenvalue weighted by Gasteiger charge is 2.12. The summed E-state index contributed by atoms with van der Waals surface area (Å²) in [5.41, 5.74) is 6.72. The molecule has 1 atom stereocenters. The van der Waals surface area contributed by atoms with E-state index < -0.39 is 9.84 Å². The third-order valence-electron chi connectivity index (χ3n) is 2.52. The molecule has 1 aromatic rings. The van der Waals surface area contributed by atoms with Gasteiger partial charge in [0.05, 0.1) is 17.8 Å². The predicted molar refractivity (Wildman–Crippen MR) is 63.7 cm³/mol. The Hall–Kier alpha value is -0.880. The number of nitrogens with two attached hydrogens (primary N) is 1. The van der Waals surface area contributed by atoms with E-state index in [0.29, 0.717) is 12.8 Å². The van der Waals surface area contributed by atoms with Crippen molar-refractivity contribution in [3.8, 4) is 0 Å². The minimum Gasteiger partial charge on any atom is -0.340 e. The van der Waals surface area contributed by atoms with Gasteiger partial charge in [0.15, 0.2) is 0 Å². The van der Waals surface area contributed by atoms with E-state index in [4.69, 9.17) is 5.73 Å². The molecule has 0 radical (unpaired) electrons.